The Balaban J connectivity index is 2.44. The third-order valence-corrected chi connectivity index (χ3v) is 4.44. The Labute approximate surface area is 140 Å². The summed E-state index contributed by atoms with van der Waals surface area (Å²) in [6, 6.07) is 3.94. The third kappa shape index (κ3) is 3.59. The quantitative estimate of drug-likeness (QED) is 0.674. The minimum absolute atomic E-state index is 0.0281. The number of nitrogens with one attached hydrogen (secondary N) is 1. The average molecular weight is 333 g/mol. The summed E-state index contributed by atoms with van der Waals surface area (Å²) in [5.74, 6) is -1.04. The van der Waals surface area contributed by atoms with E-state index in [4.69, 9.17) is 4.42 Å². The zero-order valence-corrected chi connectivity index (χ0v) is 14.1. The number of rotatable bonds is 7. The molecule has 6 nitrogen and oxygen atoms in total. The molecular weight excluding hydrogens is 310 g/mol. The number of carbonyl (C=O) groups is 1. The molecule has 0 amide bonds. The summed E-state index contributed by atoms with van der Waals surface area (Å²) in [7, 11) is 0. The normalized spacial score (nSPS) is 13.8. The first-order valence-electron chi connectivity index (χ1n) is 8.12. The number of aromatic hydroxyl groups is 1. The molecule has 0 spiro atoms. The summed E-state index contributed by atoms with van der Waals surface area (Å²) in [6.07, 6.45) is 1.37. The molecule has 0 aliphatic rings. The highest BCUT2D eigenvalue weighted by Gasteiger charge is 2.24. The molecule has 0 aliphatic carbocycles. The van der Waals surface area contributed by atoms with Crippen molar-refractivity contribution in [2.24, 2.45) is 5.92 Å². The lowest BCUT2D eigenvalue weighted by Gasteiger charge is -2.20. The molecule has 0 saturated carbocycles. The number of benzene rings is 1. The highest BCUT2D eigenvalue weighted by molar-refractivity contribution is 5.85. The summed E-state index contributed by atoms with van der Waals surface area (Å²) in [4.78, 5) is 23.2. The Morgan fingerprint density at radius 2 is 2.04 bits per heavy atom. The van der Waals surface area contributed by atoms with E-state index in [-0.39, 0.29) is 18.2 Å². The minimum atomic E-state index is -0.945. The number of hydrogen-bond acceptors (Lipinski definition) is 5. The van der Waals surface area contributed by atoms with E-state index in [1.807, 2.05) is 20.8 Å². The number of aryl methyl sites for hydroxylation is 1. The molecule has 1 heterocycles. The number of phenols is 1. The van der Waals surface area contributed by atoms with Crippen molar-refractivity contribution in [3.05, 3.63) is 39.7 Å². The van der Waals surface area contributed by atoms with Crippen LogP contribution >= 0.6 is 0 Å². The molecule has 0 bridgehead atoms. The number of fused-ring (bicyclic) bond motifs is 1. The van der Waals surface area contributed by atoms with Crippen LogP contribution in [-0.2, 0) is 17.8 Å². The van der Waals surface area contributed by atoms with Crippen molar-refractivity contribution in [3.8, 4) is 5.75 Å². The Morgan fingerprint density at radius 1 is 1.33 bits per heavy atom. The molecule has 1 aromatic heterocycles. The molecule has 2 rings (SSSR count). The van der Waals surface area contributed by atoms with Crippen LogP contribution < -0.4 is 10.9 Å². The van der Waals surface area contributed by atoms with E-state index < -0.39 is 17.6 Å². The summed E-state index contributed by atoms with van der Waals surface area (Å²) in [5, 5.41) is 23.2. The molecule has 1 aromatic carbocycles. The number of phenolic OH excluding ortho intramolecular Hbond substituents is 1. The largest absolute Gasteiger partial charge is 0.507 e. The highest BCUT2D eigenvalue weighted by atomic mass is 16.4. The van der Waals surface area contributed by atoms with E-state index in [1.54, 1.807) is 6.07 Å². The summed E-state index contributed by atoms with van der Waals surface area (Å²) in [5.41, 5.74) is 1.05. The molecule has 2 aromatic rings. The first-order chi connectivity index (χ1) is 11.4. The van der Waals surface area contributed by atoms with Gasteiger partial charge in [-0.05, 0) is 30.0 Å². The third-order valence-electron chi connectivity index (χ3n) is 4.44. The minimum Gasteiger partial charge on any atom is -0.507 e. The van der Waals surface area contributed by atoms with E-state index in [0.29, 0.717) is 24.0 Å². The van der Waals surface area contributed by atoms with E-state index in [1.165, 1.54) is 12.1 Å². The van der Waals surface area contributed by atoms with Crippen LogP contribution in [-0.4, -0.2) is 22.2 Å². The van der Waals surface area contributed by atoms with Crippen LogP contribution in [0, 0.1) is 5.92 Å². The maximum absolute atomic E-state index is 11.8. The second-order valence-electron chi connectivity index (χ2n) is 5.97. The molecule has 0 aliphatic heterocycles. The van der Waals surface area contributed by atoms with Gasteiger partial charge in [-0.1, -0.05) is 27.2 Å². The smallest absolute Gasteiger partial charge is 0.336 e. The van der Waals surface area contributed by atoms with Crippen LogP contribution in [0.1, 0.15) is 38.3 Å². The first kappa shape index (κ1) is 18.0. The van der Waals surface area contributed by atoms with Gasteiger partial charge in [0.05, 0.1) is 5.56 Å². The molecule has 0 saturated heterocycles. The van der Waals surface area contributed by atoms with Gasteiger partial charge in [0.15, 0.2) is 0 Å². The van der Waals surface area contributed by atoms with Crippen LogP contribution in [0.5, 0.6) is 5.75 Å². The molecule has 0 fully saturated rings. The predicted octanol–water partition coefficient (Wildman–Crippen LogP) is 2.65. The van der Waals surface area contributed by atoms with Crippen molar-refractivity contribution < 1.29 is 19.4 Å². The van der Waals surface area contributed by atoms with Crippen LogP contribution in [0.15, 0.2) is 27.4 Å². The molecule has 130 valence electrons. The molecule has 6 heteroatoms. The maximum atomic E-state index is 11.8. The molecule has 0 unspecified atom stereocenters. The van der Waals surface area contributed by atoms with Gasteiger partial charge in [0.25, 0.3) is 0 Å². The van der Waals surface area contributed by atoms with Gasteiger partial charge in [-0.2, -0.15) is 0 Å². The molecule has 0 radical (unpaired) electrons. The second kappa shape index (κ2) is 7.49. The van der Waals surface area contributed by atoms with Gasteiger partial charge in [-0.3, -0.25) is 10.1 Å². The maximum Gasteiger partial charge on any atom is 0.336 e. The topological polar surface area (TPSA) is 99.8 Å². The van der Waals surface area contributed by atoms with Gasteiger partial charge in [-0.25, -0.2) is 4.79 Å². The van der Waals surface area contributed by atoms with E-state index in [9.17, 15) is 19.8 Å². The lowest BCUT2D eigenvalue weighted by molar-refractivity contribution is -0.140. The Morgan fingerprint density at radius 3 is 2.62 bits per heavy atom. The van der Waals surface area contributed by atoms with Crippen LogP contribution in [0.2, 0.25) is 0 Å². The highest BCUT2D eigenvalue weighted by Crippen LogP contribution is 2.28. The fourth-order valence-electron chi connectivity index (χ4n) is 2.78. The van der Waals surface area contributed by atoms with Gasteiger partial charge in [0.2, 0.25) is 0 Å². The summed E-state index contributed by atoms with van der Waals surface area (Å²) in [6.45, 7) is 5.80. The second-order valence-corrected chi connectivity index (χ2v) is 5.97. The van der Waals surface area contributed by atoms with Crippen molar-refractivity contribution in [3.63, 3.8) is 0 Å². The van der Waals surface area contributed by atoms with Crippen molar-refractivity contribution in [1.82, 2.24) is 5.32 Å². The number of hydrogen-bond donors (Lipinski definition) is 3. The van der Waals surface area contributed by atoms with Crippen LogP contribution in [0.4, 0.5) is 0 Å². The van der Waals surface area contributed by atoms with Crippen LogP contribution in [0.3, 0.4) is 0 Å². The van der Waals surface area contributed by atoms with Crippen molar-refractivity contribution >= 4 is 16.9 Å². The summed E-state index contributed by atoms with van der Waals surface area (Å²) >= 11 is 0. The Hall–Kier alpha value is -2.34. The van der Waals surface area contributed by atoms with E-state index >= 15 is 0 Å². The van der Waals surface area contributed by atoms with Gasteiger partial charge < -0.3 is 14.6 Å². The summed E-state index contributed by atoms with van der Waals surface area (Å²) < 4.78 is 5.29. The first-order valence-corrected chi connectivity index (χ1v) is 8.12. The lowest BCUT2D eigenvalue weighted by Crippen LogP contribution is -2.41. The van der Waals surface area contributed by atoms with E-state index in [0.717, 1.165) is 10.9 Å². The molecular formula is C18H23NO5. The molecule has 3 N–H and O–H groups in total. The van der Waals surface area contributed by atoms with Crippen LogP contribution in [0.25, 0.3) is 11.0 Å². The lowest BCUT2D eigenvalue weighted by atomic mass is 9.98. The SMILES string of the molecule is CCc1cc(=O)oc2c(CN[C@@H](C(=O)O)[C@@H](C)CC)c(O)ccc12. The standard InChI is InChI=1S/C18H23NO5/c1-4-10(3)16(18(22)23)19-9-13-14(20)7-6-12-11(5-2)8-15(21)24-17(12)13/h6-8,10,16,19-20H,4-5,9H2,1-3H3,(H,22,23)/t10-,16+/m0/s1. The zero-order chi connectivity index (χ0) is 17.9. The number of carboxylic acids is 1. The zero-order valence-electron chi connectivity index (χ0n) is 14.1. The van der Waals surface area contributed by atoms with Crippen molar-refractivity contribution in [1.29, 1.82) is 0 Å². The fourth-order valence-corrected chi connectivity index (χ4v) is 2.78. The molecule has 2 atom stereocenters. The number of aliphatic carboxylic acids is 1. The predicted molar refractivity (Wildman–Crippen MR) is 91.2 cm³/mol. The number of carboxylic acid groups (broad SMARTS) is 1. The van der Waals surface area contributed by atoms with Crippen molar-refractivity contribution in [2.75, 3.05) is 0 Å². The van der Waals surface area contributed by atoms with E-state index in [2.05, 4.69) is 5.32 Å². The fraction of sp³-hybridized carbons (Fsp3) is 0.444. The molecule has 24 heavy (non-hydrogen) atoms. The van der Waals surface area contributed by atoms with Gasteiger partial charge in [0.1, 0.15) is 17.4 Å². The van der Waals surface area contributed by atoms with Gasteiger partial charge in [-0.15, -0.1) is 0 Å². The monoisotopic (exact) mass is 333 g/mol. The van der Waals surface area contributed by atoms with Crippen molar-refractivity contribution in [2.45, 2.75) is 46.2 Å². The Kier molecular flexibility index (Phi) is 5.62. The Bertz CT molecular complexity index is 796. The average Bonchev–Trinajstić information content (AvgIpc) is 2.55. The van der Waals surface area contributed by atoms with Gasteiger partial charge >= 0.3 is 11.6 Å². The van der Waals surface area contributed by atoms with Gasteiger partial charge in [0, 0.05) is 18.0 Å².